The number of carbonyl (C=O) groups is 2. The number of hydrogen-bond donors (Lipinski definition) is 2. The average Bonchev–Trinajstić information content (AvgIpc) is 3.08. The molecule has 1 atom stereocenters. The number of nitrogens with one attached hydrogen (secondary N) is 1. The molecule has 7 nitrogen and oxygen atoms in total. The molecule has 2 N–H and O–H groups in total. The number of hydrogen-bond acceptors (Lipinski definition) is 5. The van der Waals surface area contributed by atoms with Gasteiger partial charge >= 0.3 is 6.09 Å². The summed E-state index contributed by atoms with van der Waals surface area (Å²) in [7, 11) is 0. The van der Waals surface area contributed by atoms with Gasteiger partial charge in [-0.15, -0.1) is 6.42 Å². The molecule has 2 amide bonds. The lowest BCUT2D eigenvalue weighted by Gasteiger charge is -2.41. The van der Waals surface area contributed by atoms with Crippen LogP contribution in [-0.4, -0.2) is 60.4 Å². The first-order chi connectivity index (χ1) is 15.4. The van der Waals surface area contributed by atoms with Gasteiger partial charge < -0.3 is 19.6 Å². The van der Waals surface area contributed by atoms with Crippen molar-refractivity contribution in [2.45, 2.75) is 57.1 Å². The van der Waals surface area contributed by atoms with Crippen LogP contribution in [0.25, 0.3) is 0 Å². The van der Waals surface area contributed by atoms with Crippen molar-refractivity contribution in [1.82, 2.24) is 4.90 Å². The maximum absolute atomic E-state index is 13.5. The van der Waals surface area contributed by atoms with Crippen molar-refractivity contribution < 1.29 is 19.4 Å². The van der Waals surface area contributed by atoms with Crippen molar-refractivity contribution >= 4 is 35.0 Å². The van der Waals surface area contributed by atoms with Gasteiger partial charge in [0.2, 0.25) is 5.91 Å². The summed E-state index contributed by atoms with van der Waals surface area (Å²) in [6.45, 7) is 2.18. The highest BCUT2D eigenvalue weighted by molar-refractivity contribution is 6.33. The first-order valence-corrected chi connectivity index (χ1v) is 11.7. The molecule has 172 valence electrons. The number of rotatable bonds is 4. The average molecular weight is 460 g/mol. The molecule has 0 bridgehead atoms. The van der Waals surface area contributed by atoms with Gasteiger partial charge in [0, 0.05) is 31.4 Å². The van der Waals surface area contributed by atoms with Crippen LogP contribution < -0.4 is 10.2 Å². The number of amides is 2. The Kier molecular flexibility index (Phi) is 6.82. The Morgan fingerprint density at radius 3 is 2.78 bits per heavy atom. The minimum atomic E-state index is -0.629. The van der Waals surface area contributed by atoms with Crippen molar-refractivity contribution in [3.8, 4) is 12.3 Å². The van der Waals surface area contributed by atoms with Gasteiger partial charge in [-0.2, -0.15) is 0 Å². The molecule has 2 saturated heterocycles. The normalized spacial score (nSPS) is 28.0. The summed E-state index contributed by atoms with van der Waals surface area (Å²) in [6, 6.07) is 5.59. The van der Waals surface area contributed by atoms with Crippen LogP contribution in [0.3, 0.4) is 0 Å². The van der Waals surface area contributed by atoms with E-state index >= 15 is 0 Å². The molecule has 3 fully saturated rings. The molecule has 1 aromatic rings. The monoisotopic (exact) mass is 459 g/mol. The molecule has 0 unspecified atom stereocenters. The van der Waals surface area contributed by atoms with Crippen LogP contribution in [0.4, 0.5) is 16.2 Å². The summed E-state index contributed by atoms with van der Waals surface area (Å²) < 4.78 is 4.83. The Morgan fingerprint density at radius 1 is 1.28 bits per heavy atom. The van der Waals surface area contributed by atoms with Gasteiger partial charge in [-0.05, 0) is 63.1 Å². The zero-order valence-electron chi connectivity index (χ0n) is 18.2. The summed E-state index contributed by atoms with van der Waals surface area (Å²) in [5, 5.41) is 12.9. The van der Waals surface area contributed by atoms with E-state index in [-0.39, 0.29) is 30.1 Å². The number of benzene rings is 1. The van der Waals surface area contributed by atoms with Gasteiger partial charge in [-0.3, -0.25) is 10.1 Å². The summed E-state index contributed by atoms with van der Waals surface area (Å²) in [6.07, 6.45) is 10.3. The Bertz CT molecular complexity index is 909. The van der Waals surface area contributed by atoms with Gasteiger partial charge in [0.05, 0.1) is 22.2 Å². The molecule has 2 aliphatic heterocycles. The van der Waals surface area contributed by atoms with Crippen molar-refractivity contribution in [2.75, 3.05) is 36.5 Å². The number of aliphatic hydroxyl groups is 1. The lowest BCUT2D eigenvalue weighted by Crippen LogP contribution is -2.50. The number of halogens is 1. The molecule has 1 spiro atoms. The first kappa shape index (κ1) is 22.8. The number of terminal acetylenes is 1. The fourth-order valence-corrected chi connectivity index (χ4v) is 5.68. The number of carbonyl (C=O) groups excluding carboxylic acids is 2. The molecule has 1 aliphatic carbocycles. The van der Waals surface area contributed by atoms with Gasteiger partial charge in [-0.25, -0.2) is 4.79 Å². The molecule has 0 aromatic heterocycles. The minimum Gasteiger partial charge on any atom is -0.436 e. The molecular weight excluding hydrogens is 430 g/mol. The quantitative estimate of drug-likeness (QED) is 0.672. The van der Waals surface area contributed by atoms with Gasteiger partial charge in [0.25, 0.3) is 0 Å². The van der Waals surface area contributed by atoms with Crippen LogP contribution in [0.2, 0.25) is 5.02 Å². The second-order valence-corrected chi connectivity index (χ2v) is 9.49. The standard InChI is InChI=1S/C24H30ClN3O4/c1-2-14-32-23(31)26-17-4-9-21(20(25)15-17)27-12-3-10-24(16-27)11-13-28(22(24)30)18-5-7-19(29)8-6-18/h1,4,9,15,18-19,29H,3,5-8,10-14,16H2,(H,26,31)/t18-,19-,24-/m1/s1. The smallest absolute Gasteiger partial charge is 0.412 e. The maximum Gasteiger partial charge on any atom is 0.412 e. The third-order valence-electron chi connectivity index (χ3n) is 7.05. The zero-order valence-corrected chi connectivity index (χ0v) is 18.9. The number of aliphatic hydroxyl groups excluding tert-OH is 1. The summed E-state index contributed by atoms with van der Waals surface area (Å²) in [4.78, 5) is 29.5. The van der Waals surface area contributed by atoms with E-state index in [0.29, 0.717) is 17.3 Å². The second kappa shape index (κ2) is 9.60. The van der Waals surface area contributed by atoms with Crippen molar-refractivity contribution in [2.24, 2.45) is 5.41 Å². The highest BCUT2D eigenvalue weighted by Gasteiger charge is 2.50. The van der Waals surface area contributed by atoms with Crippen molar-refractivity contribution in [1.29, 1.82) is 0 Å². The fraction of sp³-hybridized carbons (Fsp3) is 0.583. The van der Waals surface area contributed by atoms with E-state index < -0.39 is 6.09 Å². The van der Waals surface area contributed by atoms with Crippen molar-refractivity contribution in [3.05, 3.63) is 23.2 Å². The largest absolute Gasteiger partial charge is 0.436 e. The van der Waals surface area contributed by atoms with Crippen LogP contribution in [0.1, 0.15) is 44.9 Å². The van der Waals surface area contributed by atoms with Gasteiger partial charge in [-0.1, -0.05) is 17.5 Å². The van der Waals surface area contributed by atoms with Gasteiger partial charge in [0.1, 0.15) is 0 Å². The fourth-order valence-electron chi connectivity index (χ4n) is 5.38. The topological polar surface area (TPSA) is 82.1 Å². The van der Waals surface area contributed by atoms with E-state index in [4.69, 9.17) is 22.8 Å². The van der Waals surface area contributed by atoms with Crippen LogP contribution in [0, 0.1) is 17.8 Å². The van der Waals surface area contributed by atoms with Crippen LogP contribution in [0.5, 0.6) is 0 Å². The van der Waals surface area contributed by atoms with Crippen molar-refractivity contribution in [3.63, 3.8) is 0 Å². The third kappa shape index (κ3) is 4.67. The van der Waals surface area contributed by atoms with E-state index in [2.05, 4.69) is 21.0 Å². The maximum atomic E-state index is 13.5. The highest BCUT2D eigenvalue weighted by Crippen LogP contribution is 2.44. The highest BCUT2D eigenvalue weighted by atomic mass is 35.5. The zero-order chi connectivity index (χ0) is 22.7. The lowest BCUT2D eigenvalue weighted by atomic mass is 9.78. The Labute approximate surface area is 194 Å². The van der Waals surface area contributed by atoms with Crippen LogP contribution in [-0.2, 0) is 9.53 Å². The number of anilines is 2. The molecule has 32 heavy (non-hydrogen) atoms. The Morgan fingerprint density at radius 2 is 2.06 bits per heavy atom. The summed E-state index contributed by atoms with van der Waals surface area (Å²) >= 11 is 6.56. The van der Waals surface area contributed by atoms with E-state index in [1.54, 1.807) is 12.1 Å². The molecule has 3 aliphatic rings. The number of ether oxygens (including phenoxy) is 1. The SMILES string of the molecule is C#CCOC(=O)Nc1ccc(N2CCC[C@@]3(CCN([C@H]4CC[C@H](O)CC4)C3=O)C2)c(Cl)c1. The van der Waals surface area contributed by atoms with E-state index in [1.807, 2.05) is 6.07 Å². The van der Waals surface area contributed by atoms with E-state index in [1.165, 1.54) is 0 Å². The second-order valence-electron chi connectivity index (χ2n) is 9.09. The predicted molar refractivity (Wildman–Crippen MR) is 124 cm³/mol. The Hall–Kier alpha value is -2.43. The number of likely N-dealkylation sites (tertiary alicyclic amines) is 1. The minimum absolute atomic E-state index is 0.0972. The van der Waals surface area contributed by atoms with Crippen LogP contribution in [0.15, 0.2) is 18.2 Å². The molecular formula is C24H30ClN3O4. The first-order valence-electron chi connectivity index (χ1n) is 11.3. The number of piperidine rings is 1. The predicted octanol–water partition coefficient (Wildman–Crippen LogP) is 3.64. The number of nitrogens with zero attached hydrogens (tertiary/aromatic N) is 2. The van der Waals surface area contributed by atoms with Gasteiger partial charge in [0.15, 0.2) is 6.61 Å². The lowest BCUT2D eigenvalue weighted by molar-refractivity contribution is -0.139. The summed E-state index contributed by atoms with van der Waals surface area (Å²) in [5.74, 6) is 2.50. The van der Waals surface area contributed by atoms with E-state index in [0.717, 1.165) is 63.7 Å². The molecule has 1 aromatic carbocycles. The summed E-state index contributed by atoms with van der Waals surface area (Å²) in [5.41, 5.74) is 1.02. The molecule has 4 rings (SSSR count). The molecule has 2 heterocycles. The van der Waals surface area contributed by atoms with Crippen LogP contribution >= 0.6 is 11.6 Å². The molecule has 1 saturated carbocycles. The van der Waals surface area contributed by atoms with E-state index in [9.17, 15) is 14.7 Å². The Balaban J connectivity index is 1.43. The molecule has 8 heteroatoms. The third-order valence-corrected chi connectivity index (χ3v) is 7.35. The molecule has 0 radical (unpaired) electrons.